The topological polar surface area (TPSA) is 31.4 Å². The SMILES string of the molecule is Cc1ncc(CC(C)C)c2c1OC(C)OC2. The van der Waals surface area contributed by atoms with Gasteiger partial charge in [-0.15, -0.1) is 0 Å². The number of aromatic nitrogens is 1. The van der Waals surface area contributed by atoms with E-state index in [4.69, 9.17) is 9.47 Å². The minimum atomic E-state index is -0.165. The molecule has 1 atom stereocenters. The molecule has 16 heavy (non-hydrogen) atoms. The minimum absolute atomic E-state index is 0.165. The summed E-state index contributed by atoms with van der Waals surface area (Å²) >= 11 is 0. The molecule has 88 valence electrons. The molecule has 0 fully saturated rings. The molecule has 1 aromatic heterocycles. The normalized spacial score (nSPS) is 19.4. The fourth-order valence-electron chi connectivity index (χ4n) is 2.01. The predicted molar refractivity (Wildman–Crippen MR) is 62.4 cm³/mol. The van der Waals surface area contributed by atoms with Crippen molar-refractivity contribution in [1.29, 1.82) is 0 Å². The molecule has 1 unspecified atom stereocenters. The van der Waals surface area contributed by atoms with Crippen LogP contribution in [0.5, 0.6) is 5.75 Å². The minimum Gasteiger partial charge on any atom is -0.463 e. The Hall–Kier alpha value is -1.09. The van der Waals surface area contributed by atoms with Gasteiger partial charge in [-0.25, -0.2) is 0 Å². The molecule has 2 heterocycles. The van der Waals surface area contributed by atoms with Crippen molar-refractivity contribution in [1.82, 2.24) is 4.98 Å². The van der Waals surface area contributed by atoms with Gasteiger partial charge in [-0.3, -0.25) is 4.98 Å². The average molecular weight is 221 g/mol. The molecule has 0 N–H and O–H groups in total. The maximum Gasteiger partial charge on any atom is 0.197 e. The van der Waals surface area contributed by atoms with Gasteiger partial charge in [0, 0.05) is 11.8 Å². The number of aryl methyl sites for hydroxylation is 1. The summed E-state index contributed by atoms with van der Waals surface area (Å²) in [7, 11) is 0. The van der Waals surface area contributed by atoms with Crippen molar-refractivity contribution in [2.45, 2.75) is 47.0 Å². The van der Waals surface area contributed by atoms with Crippen LogP contribution in [-0.2, 0) is 17.8 Å². The van der Waals surface area contributed by atoms with Crippen LogP contribution in [0.2, 0.25) is 0 Å². The highest BCUT2D eigenvalue weighted by Gasteiger charge is 2.22. The number of ether oxygens (including phenoxy) is 2. The Bertz CT molecular complexity index is 388. The summed E-state index contributed by atoms with van der Waals surface area (Å²) in [5.41, 5.74) is 3.39. The Balaban J connectivity index is 2.38. The van der Waals surface area contributed by atoms with Gasteiger partial charge in [0.25, 0.3) is 0 Å². The smallest absolute Gasteiger partial charge is 0.197 e. The third-order valence-electron chi connectivity index (χ3n) is 2.78. The molecule has 0 aromatic carbocycles. The molecule has 2 rings (SSSR count). The zero-order valence-electron chi connectivity index (χ0n) is 10.4. The number of fused-ring (bicyclic) bond motifs is 1. The first-order valence-corrected chi connectivity index (χ1v) is 5.83. The second-order valence-corrected chi connectivity index (χ2v) is 4.77. The molecule has 0 spiro atoms. The van der Waals surface area contributed by atoms with Crippen LogP contribution in [0.15, 0.2) is 6.20 Å². The summed E-state index contributed by atoms with van der Waals surface area (Å²) in [6.07, 6.45) is 2.82. The van der Waals surface area contributed by atoms with Crippen molar-refractivity contribution in [3.05, 3.63) is 23.0 Å². The Morgan fingerprint density at radius 2 is 2.25 bits per heavy atom. The molecule has 0 saturated carbocycles. The molecular formula is C13H19NO2. The number of rotatable bonds is 2. The van der Waals surface area contributed by atoms with E-state index < -0.39 is 0 Å². The van der Waals surface area contributed by atoms with Crippen molar-refractivity contribution < 1.29 is 9.47 Å². The Kier molecular flexibility index (Phi) is 3.15. The maximum atomic E-state index is 5.70. The van der Waals surface area contributed by atoms with Gasteiger partial charge in [-0.1, -0.05) is 13.8 Å². The van der Waals surface area contributed by atoms with Crippen molar-refractivity contribution >= 4 is 0 Å². The number of hydrogen-bond acceptors (Lipinski definition) is 3. The lowest BCUT2D eigenvalue weighted by Crippen LogP contribution is -2.24. The van der Waals surface area contributed by atoms with E-state index in [0.29, 0.717) is 12.5 Å². The van der Waals surface area contributed by atoms with Crippen LogP contribution < -0.4 is 4.74 Å². The summed E-state index contributed by atoms with van der Waals surface area (Å²) in [5.74, 6) is 1.55. The van der Waals surface area contributed by atoms with E-state index in [9.17, 15) is 0 Å². The molecular weight excluding hydrogens is 202 g/mol. The largest absolute Gasteiger partial charge is 0.463 e. The van der Waals surface area contributed by atoms with Crippen LogP contribution in [0.3, 0.4) is 0 Å². The van der Waals surface area contributed by atoms with E-state index in [1.54, 1.807) is 0 Å². The lowest BCUT2D eigenvalue weighted by atomic mass is 9.98. The van der Waals surface area contributed by atoms with Crippen LogP contribution in [-0.4, -0.2) is 11.3 Å². The Morgan fingerprint density at radius 3 is 2.94 bits per heavy atom. The zero-order valence-corrected chi connectivity index (χ0v) is 10.4. The molecule has 0 bridgehead atoms. The second kappa shape index (κ2) is 4.42. The summed E-state index contributed by atoms with van der Waals surface area (Å²) < 4.78 is 11.2. The van der Waals surface area contributed by atoms with E-state index in [2.05, 4.69) is 18.8 Å². The van der Waals surface area contributed by atoms with Crippen molar-refractivity contribution in [3.63, 3.8) is 0 Å². The van der Waals surface area contributed by atoms with E-state index in [-0.39, 0.29) is 6.29 Å². The highest BCUT2D eigenvalue weighted by atomic mass is 16.7. The molecule has 3 nitrogen and oxygen atoms in total. The van der Waals surface area contributed by atoms with E-state index in [1.165, 1.54) is 11.1 Å². The Morgan fingerprint density at radius 1 is 1.50 bits per heavy atom. The molecule has 0 radical (unpaired) electrons. The number of pyridine rings is 1. The highest BCUT2D eigenvalue weighted by molar-refractivity contribution is 5.42. The summed E-state index contributed by atoms with van der Waals surface area (Å²) in [5, 5.41) is 0. The van der Waals surface area contributed by atoms with Gasteiger partial charge in [-0.05, 0) is 31.7 Å². The number of nitrogens with zero attached hydrogens (tertiary/aromatic N) is 1. The molecule has 1 aliphatic heterocycles. The van der Waals surface area contributed by atoms with Gasteiger partial charge in [0.2, 0.25) is 0 Å². The highest BCUT2D eigenvalue weighted by Crippen LogP contribution is 2.32. The number of hydrogen-bond donors (Lipinski definition) is 0. The van der Waals surface area contributed by atoms with Gasteiger partial charge in [0.15, 0.2) is 6.29 Å². The van der Waals surface area contributed by atoms with Gasteiger partial charge in [0.1, 0.15) is 5.75 Å². The predicted octanol–water partition coefficient (Wildman–Crippen LogP) is 2.84. The van der Waals surface area contributed by atoms with Gasteiger partial charge >= 0.3 is 0 Å². The van der Waals surface area contributed by atoms with Crippen LogP contribution >= 0.6 is 0 Å². The van der Waals surface area contributed by atoms with Crippen LogP contribution in [0, 0.1) is 12.8 Å². The summed E-state index contributed by atoms with van der Waals surface area (Å²) in [6.45, 7) is 8.95. The molecule has 1 aliphatic rings. The lowest BCUT2D eigenvalue weighted by molar-refractivity contribution is -0.0954. The van der Waals surface area contributed by atoms with Crippen molar-refractivity contribution in [2.24, 2.45) is 5.92 Å². The maximum absolute atomic E-state index is 5.70. The quantitative estimate of drug-likeness (QED) is 0.769. The fourth-order valence-corrected chi connectivity index (χ4v) is 2.01. The van der Waals surface area contributed by atoms with Gasteiger partial charge in [-0.2, -0.15) is 0 Å². The van der Waals surface area contributed by atoms with Gasteiger partial charge < -0.3 is 9.47 Å². The first-order valence-electron chi connectivity index (χ1n) is 5.83. The summed E-state index contributed by atoms with van der Waals surface area (Å²) in [4.78, 5) is 4.40. The third kappa shape index (κ3) is 2.19. The van der Waals surface area contributed by atoms with Crippen LogP contribution in [0.4, 0.5) is 0 Å². The van der Waals surface area contributed by atoms with Crippen LogP contribution in [0.1, 0.15) is 37.6 Å². The molecule has 3 heteroatoms. The lowest BCUT2D eigenvalue weighted by Gasteiger charge is -2.26. The monoisotopic (exact) mass is 221 g/mol. The fraction of sp³-hybridized carbons (Fsp3) is 0.615. The van der Waals surface area contributed by atoms with Crippen molar-refractivity contribution in [2.75, 3.05) is 0 Å². The summed E-state index contributed by atoms with van der Waals surface area (Å²) in [6, 6.07) is 0. The molecule has 0 aliphatic carbocycles. The first-order chi connectivity index (χ1) is 7.58. The second-order valence-electron chi connectivity index (χ2n) is 4.77. The first kappa shape index (κ1) is 11.4. The van der Waals surface area contributed by atoms with E-state index in [1.807, 2.05) is 20.0 Å². The van der Waals surface area contributed by atoms with E-state index in [0.717, 1.165) is 17.9 Å². The third-order valence-corrected chi connectivity index (χ3v) is 2.78. The molecule has 0 amide bonds. The molecule has 1 aromatic rings. The average Bonchev–Trinajstić information content (AvgIpc) is 2.22. The van der Waals surface area contributed by atoms with Crippen molar-refractivity contribution in [3.8, 4) is 5.75 Å². The van der Waals surface area contributed by atoms with E-state index >= 15 is 0 Å². The Labute approximate surface area is 96.8 Å². The molecule has 0 saturated heterocycles. The standard InChI is InChI=1S/C13H19NO2/c1-8(2)5-11-6-14-9(3)13-12(11)7-15-10(4)16-13/h6,8,10H,5,7H2,1-4H3. The van der Waals surface area contributed by atoms with Crippen LogP contribution in [0.25, 0.3) is 0 Å². The zero-order chi connectivity index (χ0) is 11.7. The van der Waals surface area contributed by atoms with Gasteiger partial charge in [0.05, 0.1) is 12.3 Å².